The van der Waals surface area contributed by atoms with Crippen LogP contribution >= 0.6 is 0 Å². The number of hydrogen-bond acceptors (Lipinski definition) is 3. The third kappa shape index (κ3) is 4.06. The fourth-order valence-electron chi connectivity index (χ4n) is 2.87. The second-order valence-electron chi connectivity index (χ2n) is 6.44. The summed E-state index contributed by atoms with van der Waals surface area (Å²) in [6, 6.07) is 15.9. The summed E-state index contributed by atoms with van der Waals surface area (Å²) >= 11 is 0. The standard InChI is InChI=1S/C20H24N4O/c1-4-15-9-11-16(12-10-15)21-20(25)14-24-18-8-6-5-7-17(18)22-19(24)13-23(2)3/h5-12H,4,13-14H2,1-3H3,(H,21,25). The van der Waals surface area contributed by atoms with Crippen LogP contribution in [0.3, 0.4) is 0 Å². The molecule has 5 nitrogen and oxygen atoms in total. The molecule has 0 atom stereocenters. The van der Waals surface area contributed by atoms with E-state index in [1.165, 1.54) is 5.56 Å². The molecule has 1 heterocycles. The second kappa shape index (κ2) is 7.49. The van der Waals surface area contributed by atoms with E-state index in [9.17, 15) is 4.79 Å². The van der Waals surface area contributed by atoms with Crippen LogP contribution in [0, 0.1) is 0 Å². The first-order chi connectivity index (χ1) is 12.1. The molecular weight excluding hydrogens is 312 g/mol. The van der Waals surface area contributed by atoms with E-state index in [-0.39, 0.29) is 12.5 Å². The first-order valence-electron chi connectivity index (χ1n) is 8.54. The van der Waals surface area contributed by atoms with Crippen molar-refractivity contribution in [2.24, 2.45) is 0 Å². The maximum absolute atomic E-state index is 12.5. The molecule has 0 unspecified atom stereocenters. The summed E-state index contributed by atoms with van der Waals surface area (Å²) in [7, 11) is 4.00. The molecule has 25 heavy (non-hydrogen) atoms. The lowest BCUT2D eigenvalue weighted by Crippen LogP contribution is -2.22. The molecule has 0 saturated heterocycles. The molecule has 3 aromatic rings. The average molecular weight is 336 g/mol. The fourth-order valence-corrected chi connectivity index (χ4v) is 2.87. The Labute approximate surface area is 148 Å². The van der Waals surface area contributed by atoms with Gasteiger partial charge in [-0.1, -0.05) is 31.2 Å². The number of carbonyl (C=O) groups excluding carboxylic acids is 1. The zero-order chi connectivity index (χ0) is 17.8. The van der Waals surface area contributed by atoms with Gasteiger partial charge in [-0.2, -0.15) is 0 Å². The number of para-hydroxylation sites is 2. The summed E-state index contributed by atoms with van der Waals surface area (Å²) in [5.41, 5.74) is 3.97. The maximum atomic E-state index is 12.5. The molecule has 0 fully saturated rings. The number of aromatic nitrogens is 2. The summed E-state index contributed by atoms with van der Waals surface area (Å²) in [5, 5.41) is 2.98. The summed E-state index contributed by atoms with van der Waals surface area (Å²) < 4.78 is 1.99. The van der Waals surface area contributed by atoms with Crippen molar-refractivity contribution in [3.63, 3.8) is 0 Å². The Hall–Kier alpha value is -2.66. The van der Waals surface area contributed by atoms with Gasteiger partial charge in [-0.15, -0.1) is 0 Å². The number of carbonyl (C=O) groups is 1. The van der Waals surface area contributed by atoms with Crippen molar-refractivity contribution in [3.05, 3.63) is 59.9 Å². The minimum atomic E-state index is -0.0487. The van der Waals surface area contributed by atoms with Gasteiger partial charge in [0.25, 0.3) is 0 Å². The Morgan fingerprint density at radius 3 is 2.52 bits per heavy atom. The van der Waals surface area contributed by atoms with Gasteiger partial charge in [0.05, 0.1) is 17.6 Å². The van der Waals surface area contributed by atoms with Crippen molar-refractivity contribution < 1.29 is 4.79 Å². The highest BCUT2D eigenvalue weighted by atomic mass is 16.1. The number of nitrogens with zero attached hydrogens (tertiary/aromatic N) is 3. The number of anilines is 1. The molecular formula is C20H24N4O. The second-order valence-corrected chi connectivity index (χ2v) is 6.44. The van der Waals surface area contributed by atoms with Gasteiger partial charge < -0.3 is 14.8 Å². The van der Waals surface area contributed by atoms with Gasteiger partial charge in [0.2, 0.25) is 5.91 Å². The molecule has 1 aromatic heterocycles. The van der Waals surface area contributed by atoms with E-state index in [1.807, 2.05) is 67.2 Å². The highest BCUT2D eigenvalue weighted by molar-refractivity contribution is 5.91. The van der Waals surface area contributed by atoms with Crippen LogP contribution < -0.4 is 5.32 Å². The number of aryl methyl sites for hydroxylation is 1. The van der Waals surface area contributed by atoms with E-state index >= 15 is 0 Å². The van der Waals surface area contributed by atoms with Crippen LogP contribution in [0.5, 0.6) is 0 Å². The lowest BCUT2D eigenvalue weighted by molar-refractivity contribution is -0.116. The van der Waals surface area contributed by atoms with Gasteiger partial charge in [0.1, 0.15) is 12.4 Å². The van der Waals surface area contributed by atoms with Gasteiger partial charge >= 0.3 is 0 Å². The predicted octanol–water partition coefficient (Wildman–Crippen LogP) is 3.30. The van der Waals surface area contributed by atoms with E-state index in [0.29, 0.717) is 6.54 Å². The molecule has 2 aromatic carbocycles. The number of imidazole rings is 1. The minimum Gasteiger partial charge on any atom is -0.325 e. The normalized spacial score (nSPS) is 11.2. The van der Waals surface area contributed by atoms with Crippen molar-refractivity contribution in [2.75, 3.05) is 19.4 Å². The SMILES string of the molecule is CCc1ccc(NC(=O)Cn2c(CN(C)C)nc3ccccc32)cc1. The predicted molar refractivity (Wildman–Crippen MR) is 102 cm³/mol. The highest BCUT2D eigenvalue weighted by Crippen LogP contribution is 2.17. The van der Waals surface area contributed by atoms with Gasteiger partial charge in [0, 0.05) is 5.69 Å². The first-order valence-corrected chi connectivity index (χ1v) is 8.54. The maximum Gasteiger partial charge on any atom is 0.244 e. The summed E-state index contributed by atoms with van der Waals surface area (Å²) in [4.78, 5) is 19.3. The van der Waals surface area contributed by atoms with E-state index in [1.54, 1.807) is 0 Å². The number of nitrogens with one attached hydrogen (secondary N) is 1. The fraction of sp³-hybridized carbons (Fsp3) is 0.300. The van der Waals surface area contributed by atoms with Gasteiger partial charge in [0.15, 0.2) is 0 Å². The van der Waals surface area contributed by atoms with Crippen LogP contribution in [0.2, 0.25) is 0 Å². The third-order valence-electron chi connectivity index (χ3n) is 4.14. The molecule has 0 bridgehead atoms. The molecule has 0 saturated carbocycles. The van der Waals surface area contributed by atoms with Crippen LogP contribution in [0.15, 0.2) is 48.5 Å². The molecule has 1 N–H and O–H groups in total. The molecule has 0 aliphatic carbocycles. The molecule has 0 radical (unpaired) electrons. The number of fused-ring (bicyclic) bond motifs is 1. The van der Waals surface area contributed by atoms with Crippen molar-refractivity contribution in [1.82, 2.24) is 14.5 Å². The molecule has 0 aliphatic rings. The Kier molecular flexibility index (Phi) is 5.14. The number of hydrogen-bond donors (Lipinski definition) is 1. The Bertz CT molecular complexity index is 865. The third-order valence-corrected chi connectivity index (χ3v) is 4.14. The highest BCUT2D eigenvalue weighted by Gasteiger charge is 2.14. The van der Waals surface area contributed by atoms with Crippen molar-refractivity contribution >= 4 is 22.6 Å². The quantitative estimate of drug-likeness (QED) is 0.751. The summed E-state index contributed by atoms with van der Waals surface area (Å²) in [6.07, 6.45) is 0.989. The first kappa shape index (κ1) is 17.2. The molecule has 5 heteroatoms. The zero-order valence-electron chi connectivity index (χ0n) is 15.0. The van der Waals surface area contributed by atoms with E-state index in [0.717, 1.165) is 29.0 Å². The molecule has 0 aliphatic heterocycles. The van der Waals surface area contributed by atoms with Crippen LogP contribution in [0.4, 0.5) is 5.69 Å². The lowest BCUT2D eigenvalue weighted by atomic mass is 10.1. The van der Waals surface area contributed by atoms with Crippen LogP contribution in [0.25, 0.3) is 11.0 Å². The van der Waals surface area contributed by atoms with Gasteiger partial charge in [-0.3, -0.25) is 4.79 Å². The Morgan fingerprint density at radius 1 is 1.12 bits per heavy atom. The van der Waals surface area contributed by atoms with Gasteiger partial charge in [-0.05, 0) is 50.3 Å². The molecule has 3 rings (SSSR count). The minimum absolute atomic E-state index is 0.0487. The molecule has 1 amide bonds. The Balaban J connectivity index is 1.81. The van der Waals surface area contributed by atoms with Crippen LogP contribution in [-0.4, -0.2) is 34.5 Å². The Morgan fingerprint density at radius 2 is 1.84 bits per heavy atom. The largest absolute Gasteiger partial charge is 0.325 e. The van der Waals surface area contributed by atoms with Crippen molar-refractivity contribution in [1.29, 1.82) is 0 Å². The smallest absolute Gasteiger partial charge is 0.244 e. The number of benzene rings is 2. The van der Waals surface area contributed by atoms with Crippen molar-refractivity contribution in [3.8, 4) is 0 Å². The number of rotatable bonds is 6. The van der Waals surface area contributed by atoms with E-state index in [2.05, 4.69) is 22.1 Å². The monoisotopic (exact) mass is 336 g/mol. The van der Waals surface area contributed by atoms with Gasteiger partial charge in [-0.25, -0.2) is 4.98 Å². The number of amides is 1. The van der Waals surface area contributed by atoms with Crippen LogP contribution in [0.1, 0.15) is 18.3 Å². The topological polar surface area (TPSA) is 50.2 Å². The molecule has 0 spiro atoms. The summed E-state index contributed by atoms with van der Waals surface area (Å²) in [6.45, 7) is 3.05. The zero-order valence-corrected chi connectivity index (χ0v) is 15.0. The molecule has 130 valence electrons. The van der Waals surface area contributed by atoms with E-state index < -0.39 is 0 Å². The summed E-state index contributed by atoms with van der Waals surface area (Å²) in [5.74, 6) is 0.843. The lowest BCUT2D eigenvalue weighted by Gasteiger charge is -2.13. The van der Waals surface area contributed by atoms with E-state index in [4.69, 9.17) is 0 Å². The van der Waals surface area contributed by atoms with Crippen molar-refractivity contribution in [2.45, 2.75) is 26.4 Å². The van der Waals surface area contributed by atoms with Crippen LogP contribution in [-0.2, 0) is 24.3 Å². The average Bonchev–Trinajstić information content (AvgIpc) is 2.92.